The predicted octanol–water partition coefficient (Wildman–Crippen LogP) is -7.57. The van der Waals surface area contributed by atoms with Crippen molar-refractivity contribution in [3.63, 3.8) is 0 Å². The smallest absolute Gasteiger partial charge is 0.224 e. The van der Waals surface area contributed by atoms with Crippen LogP contribution in [0.1, 0.15) is 0 Å². The Balaban J connectivity index is 1.87. The molecule has 0 unspecified atom stereocenters. The normalized spacial score (nSPS) is 52.1. The van der Waals surface area contributed by atoms with Crippen molar-refractivity contribution in [2.75, 3.05) is 26.4 Å². The molecule has 0 aromatic rings. The van der Waals surface area contributed by atoms with Gasteiger partial charge in [-0.2, -0.15) is 0 Å². The molecule has 3 heterocycles. The van der Waals surface area contributed by atoms with Crippen LogP contribution in [0, 0.1) is 0 Å². The molecule has 3 aliphatic heterocycles. The number of rotatable bonds is 8. The Morgan fingerprint density at radius 3 is 1.50 bits per heavy atom. The molecule has 0 aliphatic carbocycles. The third-order valence-electron chi connectivity index (χ3n) is 6.17. The monoisotopic (exact) mass is 504 g/mol. The Bertz CT molecular complexity index is 651. The summed E-state index contributed by atoms with van der Waals surface area (Å²) in [4.78, 5) is 0. The maximum absolute atomic E-state index is 10.6. The highest BCUT2D eigenvalue weighted by Crippen LogP contribution is 2.39. The lowest BCUT2D eigenvalue weighted by atomic mass is 9.98. The fourth-order valence-corrected chi connectivity index (χ4v) is 4.12. The van der Waals surface area contributed by atoms with Gasteiger partial charge >= 0.3 is 0 Å². The first kappa shape index (κ1) is 27.9. The molecule has 0 amide bonds. The average molecular weight is 504 g/mol. The molecular weight excluding hydrogens is 472 g/mol. The molecule has 16 nitrogen and oxygen atoms in total. The first-order valence-corrected chi connectivity index (χ1v) is 10.6. The minimum Gasteiger partial charge on any atom is -0.394 e. The van der Waals surface area contributed by atoms with Gasteiger partial charge in [-0.1, -0.05) is 0 Å². The quantitative estimate of drug-likeness (QED) is 0.146. The van der Waals surface area contributed by atoms with Crippen molar-refractivity contribution in [3.8, 4) is 0 Å². The van der Waals surface area contributed by atoms with Crippen LogP contribution in [0.5, 0.6) is 0 Å². The molecule has 3 saturated heterocycles. The molecule has 3 fully saturated rings. The number of hydrogen-bond donors (Lipinski definition) is 11. The maximum atomic E-state index is 10.6. The van der Waals surface area contributed by atoms with Crippen molar-refractivity contribution in [1.29, 1.82) is 0 Å². The fraction of sp³-hybridized carbons (Fsp3) is 1.00. The molecule has 3 rings (SSSR count). The topological polar surface area (TPSA) is 269 Å². The van der Waals surface area contributed by atoms with Gasteiger partial charge in [0, 0.05) is 0 Å². The molecule has 0 saturated carbocycles. The van der Waals surface area contributed by atoms with Gasteiger partial charge in [0.1, 0.15) is 73.8 Å². The summed E-state index contributed by atoms with van der Waals surface area (Å²) in [6.45, 7) is -3.49. The Morgan fingerprint density at radius 2 is 1.03 bits per heavy atom. The van der Waals surface area contributed by atoms with Gasteiger partial charge in [0.15, 0.2) is 12.6 Å². The van der Waals surface area contributed by atoms with Crippen LogP contribution in [0.15, 0.2) is 0 Å². The summed E-state index contributed by atoms with van der Waals surface area (Å²) < 4.78 is 27.0. The first-order valence-electron chi connectivity index (χ1n) is 10.6. The van der Waals surface area contributed by atoms with E-state index >= 15 is 0 Å². The molecular formula is C18H32O16. The lowest BCUT2D eigenvalue weighted by molar-refractivity contribution is -0.400. The highest BCUT2D eigenvalue weighted by molar-refractivity contribution is 5.01. The maximum Gasteiger partial charge on any atom is 0.224 e. The van der Waals surface area contributed by atoms with E-state index in [1.54, 1.807) is 0 Å². The summed E-state index contributed by atoms with van der Waals surface area (Å²) in [7, 11) is 0. The predicted molar refractivity (Wildman–Crippen MR) is 101 cm³/mol. The van der Waals surface area contributed by atoms with Crippen molar-refractivity contribution < 1.29 is 79.9 Å². The molecule has 16 heteroatoms. The zero-order valence-corrected chi connectivity index (χ0v) is 17.8. The van der Waals surface area contributed by atoms with E-state index in [9.17, 15) is 56.2 Å². The van der Waals surface area contributed by atoms with E-state index in [0.29, 0.717) is 0 Å². The Hall–Kier alpha value is -0.640. The van der Waals surface area contributed by atoms with E-state index in [-0.39, 0.29) is 0 Å². The van der Waals surface area contributed by atoms with Gasteiger partial charge in [-0.25, -0.2) is 0 Å². The Morgan fingerprint density at radius 1 is 0.559 bits per heavy atom. The van der Waals surface area contributed by atoms with Crippen LogP contribution in [0.25, 0.3) is 0 Å². The van der Waals surface area contributed by atoms with Gasteiger partial charge in [0.25, 0.3) is 0 Å². The molecule has 200 valence electrons. The summed E-state index contributed by atoms with van der Waals surface area (Å²) in [6, 6.07) is 0. The van der Waals surface area contributed by atoms with Crippen molar-refractivity contribution in [2.24, 2.45) is 0 Å². The second kappa shape index (κ2) is 11.2. The third kappa shape index (κ3) is 4.96. The first-order chi connectivity index (χ1) is 16.0. The van der Waals surface area contributed by atoms with Crippen molar-refractivity contribution in [3.05, 3.63) is 0 Å². The molecule has 3 aliphatic rings. The van der Waals surface area contributed by atoms with Gasteiger partial charge in [-0.3, -0.25) is 0 Å². The second-order valence-electron chi connectivity index (χ2n) is 8.37. The van der Waals surface area contributed by atoms with E-state index in [1.807, 2.05) is 0 Å². The molecule has 0 aromatic carbocycles. The largest absolute Gasteiger partial charge is 0.394 e. The molecule has 14 atom stereocenters. The number of aliphatic hydroxyl groups is 11. The number of ether oxygens (including phenoxy) is 5. The zero-order chi connectivity index (χ0) is 25.4. The summed E-state index contributed by atoms with van der Waals surface area (Å²) in [5.41, 5.74) is 0. The second-order valence-corrected chi connectivity index (χ2v) is 8.37. The highest BCUT2D eigenvalue weighted by Gasteiger charge is 2.61. The lowest BCUT2D eigenvalue weighted by Gasteiger charge is -2.45. The van der Waals surface area contributed by atoms with Crippen LogP contribution in [-0.2, 0) is 23.7 Å². The van der Waals surface area contributed by atoms with Gasteiger partial charge in [0.2, 0.25) is 5.79 Å². The van der Waals surface area contributed by atoms with E-state index in [1.165, 1.54) is 0 Å². The highest BCUT2D eigenvalue weighted by atomic mass is 16.8. The van der Waals surface area contributed by atoms with Crippen molar-refractivity contribution in [1.82, 2.24) is 0 Å². The van der Waals surface area contributed by atoms with Gasteiger partial charge in [-0.15, -0.1) is 0 Å². The molecule has 0 bridgehead atoms. The van der Waals surface area contributed by atoms with Crippen LogP contribution in [-0.4, -0.2) is 168 Å². The molecule has 0 aromatic heterocycles. The number of hydrogen-bond acceptors (Lipinski definition) is 16. The van der Waals surface area contributed by atoms with E-state index in [2.05, 4.69) is 0 Å². The van der Waals surface area contributed by atoms with Gasteiger partial charge in [-0.05, 0) is 0 Å². The number of aliphatic hydroxyl groups excluding tert-OH is 11. The van der Waals surface area contributed by atoms with Crippen LogP contribution < -0.4 is 0 Å². The summed E-state index contributed by atoms with van der Waals surface area (Å²) in [5.74, 6) is -2.43. The minimum absolute atomic E-state index is 0.777. The minimum atomic E-state index is -2.43. The standard InChI is InChI=1S/C18H32O16/c19-1-5-8(23)11(26)13(28)16(30-5)32-15-10(25)7(3-21)33-18(15,4-22)34-17-14(29)12(27)9(24)6(2-20)31-17/h5-17,19-29H,1-4H2/t5-,6-,7-,8-,9-,10+,11-,12-,13-,14-,15+,16-,17-,18+/m1/s1. The van der Waals surface area contributed by atoms with Crippen molar-refractivity contribution >= 4 is 0 Å². The molecule has 0 spiro atoms. The molecule has 0 radical (unpaired) electrons. The van der Waals surface area contributed by atoms with Crippen LogP contribution in [0.4, 0.5) is 0 Å². The van der Waals surface area contributed by atoms with Crippen molar-refractivity contribution in [2.45, 2.75) is 85.5 Å². The van der Waals surface area contributed by atoms with E-state index < -0.39 is 112 Å². The van der Waals surface area contributed by atoms with Gasteiger partial charge in [0.05, 0.1) is 19.8 Å². The lowest BCUT2D eigenvalue weighted by Crippen LogP contribution is -2.64. The SMILES string of the molecule is OC[C@H]1O[C@H](O[C@H]2[C@@H](O)[C@@H](CO)O[C@@]2(CO)O[C@H]2O[C@H](CO)[C@@H](O)[C@@H](O)[C@H]2O)[C@H](O)[C@H](O)[C@@H]1O. The van der Waals surface area contributed by atoms with E-state index in [0.717, 1.165) is 0 Å². The molecule has 11 N–H and O–H groups in total. The Labute approximate surface area is 192 Å². The van der Waals surface area contributed by atoms with Crippen LogP contribution in [0.2, 0.25) is 0 Å². The van der Waals surface area contributed by atoms with E-state index in [4.69, 9.17) is 23.7 Å². The average Bonchev–Trinajstić information content (AvgIpc) is 3.10. The fourth-order valence-electron chi connectivity index (χ4n) is 4.12. The third-order valence-corrected chi connectivity index (χ3v) is 6.17. The Kier molecular flexibility index (Phi) is 9.18. The summed E-state index contributed by atoms with van der Waals surface area (Å²) in [5, 5.41) is 109. The molecule has 34 heavy (non-hydrogen) atoms. The summed E-state index contributed by atoms with van der Waals surface area (Å²) in [6.07, 6.45) is -22.3. The van der Waals surface area contributed by atoms with Gasteiger partial charge < -0.3 is 79.9 Å². The zero-order valence-electron chi connectivity index (χ0n) is 17.8. The van der Waals surface area contributed by atoms with Crippen LogP contribution in [0.3, 0.4) is 0 Å². The summed E-state index contributed by atoms with van der Waals surface area (Å²) >= 11 is 0. The van der Waals surface area contributed by atoms with Crippen LogP contribution >= 0.6 is 0 Å².